The summed E-state index contributed by atoms with van der Waals surface area (Å²) in [5.74, 6) is 4.40. The molecule has 4 fully saturated rings. The Kier molecular flexibility index (Phi) is 3.15. The normalized spacial score (nSPS) is 53.7. The van der Waals surface area contributed by atoms with Crippen LogP contribution in [0.5, 0.6) is 0 Å². The van der Waals surface area contributed by atoms with Crippen LogP contribution in [0.4, 0.5) is 0 Å². The van der Waals surface area contributed by atoms with Crippen molar-refractivity contribution in [3.8, 4) is 0 Å². The molecule has 0 spiro atoms. The Morgan fingerprint density at radius 1 is 1.11 bits per heavy atom. The van der Waals surface area contributed by atoms with E-state index in [1.54, 1.807) is 0 Å². The maximum Gasteiger partial charge on any atom is 0.0641 e. The molecule has 2 nitrogen and oxygen atoms in total. The topological polar surface area (TPSA) is 12.5 Å². The Morgan fingerprint density at radius 3 is 2.84 bits per heavy atom. The molecule has 3 aliphatic heterocycles. The van der Waals surface area contributed by atoms with Crippen LogP contribution in [0.3, 0.4) is 0 Å². The van der Waals surface area contributed by atoms with Crippen molar-refractivity contribution in [1.29, 1.82) is 0 Å². The molecule has 0 aromatic rings. The minimum atomic E-state index is 0.601. The summed E-state index contributed by atoms with van der Waals surface area (Å²) in [4.78, 5) is 2.87. The van der Waals surface area contributed by atoms with Gasteiger partial charge in [-0.05, 0) is 61.9 Å². The molecule has 4 rings (SSSR count). The van der Waals surface area contributed by atoms with Gasteiger partial charge in [0.1, 0.15) is 0 Å². The second-order valence-electron chi connectivity index (χ2n) is 7.56. The maximum atomic E-state index is 6.29. The van der Waals surface area contributed by atoms with Crippen molar-refractivity contribution in [1.82, 2.24) is 4.90 Å². The molecule has 1 saturated carbocycles. The first kappa shape index (κ1) is 12.6. The molecule has 0 aromatic carbocycles. The number of nitrogens with zero attached hydrogens (tertiary/aromatic N) is 1. The number of ether oxygens (including phenoxy) is 1. The van der Waals surface area contributed by atoms with Gasteiger partial charge in [-0.2, -0.15) is 0 Å². The monoisotopic (exact) mass is 263 g/mol. The highest BCUT2D eigenvalue weighted by atomic mass is 16.5. The fourth-order valence-corrected chi connectivity index (χ4v) is 6.17. The van der Waals surface area contributed by atoms with Gasteiger partial charge in [0, 0.05) is 12.6 Å². The van der Waals surface area contributed by atoms with E-state index in [0.29, 0.717) is 6.10 Å². The van der Waals surface area contributed by atoms with E-state index in [-0.39, 0.29) is 0 Å². The largest absolute Gasteiger partial charge is 0.377 e. The highest BCUT2D eigenvalue weighted by Gasteiger charge is 2.57. The quantitative estimate of drug-likeness (QED) is 0.720. The Labute approximate surface area is 117 Å². The van der Waals surface area contributed by atoms with E-state index in [2.05, 4.69) is 18.7 Å². The van der Waals surface area contributed by atoms with Crippen molar-refractivity contribution in [3.05, 3.63) is 0 Å². The summed E-state index contributed by atoms with van der Waals surface area (Å²) in [6.07, 6.45) is 7.74. The molecule has 0 aromatic heterocycles. The molecule has 5 unspecified atom stereocenters. The van der Waals surface area contributed by atoms with E-state index >= 15 is 0 Å². The van der Waals surface area contributed by atoms with Gasteiger partial charge in [0.2, 0.25) is 0 Å². The van der Waals surface area contributed by atoms with Gasteiger partial charge in [-0.1, -0.05) is 26.7 Å². The van der Waals surface area contributed by atoms with Gasteiger partial charge >= 0.3 is 0 Å². The highest BCUT2D eigenvalue weighted by molar-refractivity contribution is 5.08. The third kappa shape index (κ3) is 1.75. The van der Waals surface area contributed by atoms with E-state index in [1.807, 2.05) is 0 Å². The molecule has 0 amide bonds. The van der Waals surface area contributed by atoms with Crippen molar-refractivity contribution in [2.45, 2.75) is 58.1 Å². The van der Waals surface area contributed by atoms with Crippen molar-refractivity contribution >= 4 is 0 Å². The number of hydrogen-bond donors (Lipinski definition) is 0. The highest BCUT2D eigenvalue weighted by Crippen LogP contribution is 2.54. The fraction of sp³-hybridized carbons (Fsp3) is 1.00. The lowest BCUT2D eigenvalue weighted by molar-refractivity contribution is -0.0612. The Hall–Kier alpha value is -0.0800. The van der Waals surface area contributed by atoms with Crippen LogP contribution in [0.15, 0.2) is 0 Å². The fourth-order valence-electron chi connectivity index (χ4n) is 6.17. The van der Waals surface area contributed by atoms with Crippen LogP contribution >= 0.6 is 0 Å². The van der Waals surface area contributed by atoms with E-state index in [1.165, 1.54) is 45.2 Å². The van der Waals surface area contributed by atoms with Crippen LogP contribution in [-0.4, -0.2) is 36.7 Å². The smallest absolute Gasteiger partial charge is 0.0641 e. The third-order valence-corrected chi connectivity index (χ3v) is 6.81. The summed E-state index contributed by atoms with van der Waals surface area (Å²) in [7, 11) is 0. The standard InChI is InChI=1S/C17H29NO/c1-3-12-13-6-4-5-8-18-9-7-14(16(13)18)15-11(2)10-19-17(12)15/h11-17H,3-10H2,1-2H3/t11-,12-,13?,14?,15?,16?,17?/m1/s1. The van der Waals surface area contributed by atoms with Crippen LogP contribution in [0.1, 0.15) is 46.0 Å². The molecule has 108 valence electrons. The van der Waals surface area contributed by atoms with Crippen molar-refractivity contribution < 1.29 is 4.74 Å². The molecule has 19 heavy (non-hydrogen) atoms. The van der Waals surface area contributed by atoms with E-state index in [9.17, 15) is 0 Å². The van der Waals surface area contributed by atoms with Crippen molar-refractivity contribution in [2.75, 3.05) is 19.7 Å². The molecular weight excluding hydrogens is 234 g/mol. The van der Waals surface area contributed by atoms with Gasteiger partial charge in [0.05, 0.1) is 6.10 Å². The second-order valence-corrected chi connectivity index (χ2v) is 7.56. The molecule has 1 aliphatic carbocycles. The van der Waals surface area contributed by atoms with Crippen LogP contribution in [0, 0.1) is 29.6 Å². The predicted octanol–water partition coefficient (Wildman–Crippen LogP) is 3.17. The third-order valence-electron chi connectivity index (χ3n) is 6.81. The Balaban J connectivity index is 1.71. The summed E-state index contributed by atoms with van der Waals surface area (Å²) >= 11 is 0. The molecule has 3 heterocycles. The van der Waals surface area contributed by atoms with Gasteiger partial charge < -0.3 is 4.74 Å². The summed E-state index contributed by atoms with van der Waals surface area (Å²) in [6.45, 7) is 8.62. The van der Waals surface area contributed by atoms with Gasteiger partial charge in [0.25, 0.3) is 0 Å². The zero-order valence-corrected chi connectivity index (χ0v) is 12.6. The maximum absolute atomic E-state index is 6.29. The zero-order valence-electron chi connectivity index (χ0n) is 12.6. The van der Waals surface area contributed by atoms with Crippen LogP contribution < -0.4 is 0 Å². The minimum absolute atomic E-state index is 0.601. The average Bonchev–Trinajstić information content (AvgIpc) is 2.92. The van der Waals surface area contributed by atoms with Crippen molar-refractivity contribution in [2.24, 2.45) is 29.6 Å². The predicted molar refractivity (Wildman–Crippen MR) is 77.0 cm³/mol. The Bertz CT molecular complexity index is 344. The van der Waals surface area contributed by atoms with Crippen LogP contribution in [0.25, 0.3) is 0 Å². The van der Waals surface area contributed by atoms with Gasteiger partial charge in [0.15, 0.2) is 0 Å². The SMILES string of the molecule is CC[C@@H]1C2CCCCN3CCC(C4C1OC[C@H]4C)C23. The molecule has 2 heteroatoms. The van der Waals surface area contributed by atoms with E-state index in [4.69, 9.17) is 4.74 Å². The number of hydrogen-bond acceptors (Lipinski definition) is 2. The molecule has 0 bridgehead atoms. The molecular formula is C17H29NO. The minimum Gasteiger partial charge on any atom is -0.377 e. The Morgan fingerprint density at radius 2 is 2.00 bits per heavy atom. The average molecular weight is 263 g/mol. The second kappa shape index (κ2) is 4.73. The summed E-state index contributed by atoms with van der Waals surface area (Å²) < 4.78 is 6.29. The van der Waals surface area contributed by atoms with Crippen molar-refractivity contribution in [3.63, 3.8) is 0 Å². The summed E-state index contributed by atoms with van der Waals surface area (Å²) in [5.41, 5.74) is 0. The molecule has 0 radical (unpaired) electrons. The van der Waals surface area contributed by atoms with E-state index < -0.39 is 0 Å². The first-order chi connectivity index (χ1) is 9.31. The van der Waals surface area contributed by atoms with Crippen LogP contribution in [0.2, 0.25) is 0 Å². The zero-order chi connectivity index (χ0) is 13.0. The summed E-state index contributed by atoms with van der Waals surface area (Å²) in [5, 5.41) is 0. The van der Waals surface area contributed by atoms with Gasteiger partial charge in [-0.3, -0.25) is 4.90 Å². The van der Waals surface area contributed by atoms with Crippen LogP contribution in [-0.2, 0) is 4.74 Å². The molecule has 0 N–H and O–H groups in total. The first-order valence-corrected chi connectivity index (χ1v) is 8.67. The van der Waals surface area contributed by atoms with E-state index in [0.717, 1.165) is 42.2 Å². The van der Waals surface area contributed by atoms with Gasteiger partial charge in [-0.15, -0.1) is 0 Å². The molecule has 7 atom stereocenters. The summed E-state index contributed by atoms with van der Waals surface area (Å²) in [6, 6.07) is 0.915. The molecule has 4 aliphatic rings. The lowest BCUT2D eigenvalue weighted by atomic mass is 9.60. The number of fused-ring (bicyclic) bond motifs is 2. The number of rotatable bonds is 1. The lowest BCUT2D eigenvalue weighted by Gasteiger charge is -2.49. The van der Waals surface area contributed by atoms with Gasteiger partial charge in [-0.25, -0.2) is 0 Å². The first-order valence-electron chi connectivity index (χ1n) is 8.67. The molecule has 3 saturated heterocycles. The lowest BCUT2D eigenvalue weighted by Crippen LogP contribution is -2.53.